The number of carbonyl (C=O) groups excluding carboxylic acids is 2. The van der Waals surface area contributed by atoms with Crippen LogP contribution in [0.15, 0.2) is 0 Å². The fraction of sp³-hybridized carbons (Fsp3) is 0.846. The Bertz CT molecular complexity index is 352. The van der Waals surface area contributed by atoms with Gasteiger partial charge in [-0.1, -0.05) is 0 Å². The van der Waals surface area contributed by atoms with Gasteiger partial charge in [-0.3, -0.25) is 10.2 Å². The number of rotatable bonds is 5. The number of hydrogen-bond acceptors (Lipinski definition) is 6. The standard InChI is InChI=1S/C13H26N4O3S/c1-13(2,3)20-12(19)17-7-5-10(6-8-17)11(18)15-16-21-9-14-4/h10,14,16H,5-9H2,1-4H3,(H,15,18). The molecule has 0 aromatic carbocycles. The van der Waals surface area contributed by atoms with Gasteiger partial charge in [0.1, 0.15) is 5.60 Å². The predicted octanol–water partition coefficient (Wildman–Crippen LogP) is 1.08. The molecule has 1 aliphatic rings. The first-order valence-electron chi connectivity index (χ1n) is 7.12. The lowest BCUT2D eigenvalue weighted by Gasteiger charge is -2.32. The Hall–Kier alpha value is -0.990. The molecule has 0 aliphatic carbocycles. The van der Waals surface area contributed by atoms with E-state index in [0.717, 1.165) is 0 Å². The number of hydrazine groups is 1. The van der Waals surface area contributed by atoms with Gasteiger partial charge < -0.3 is 15.0 Å². The second kappa shape index (κ2) is 8.45. The summed E-state index contributed by atoms with van der Waals surface area (Å²) in [5.74, 6) is 0.617. The zero-order chi connectivity index (χ0) is 15.9. The Morgan fingerprint density at radius 3 is 2.43 bits per heavy atom. The lowest BCUT2D eigenvalue weighted by Crippen LogP contribution is -2.46. The van der Waals surface area contributed by atoms with E-state index in [-0.39, 0.29) is 17.9 Å². The molecule has 0 saturated carbocycles. The summed E-state index contributed by atoms with van der Waals surface area (Å²) in [5, 5.41) is 2.95. The van der Waals surface area contributed by atoms with Crippen molar-refractivity contribution in [3.05, 3.63) is 0 Å². The lowest BCUT2D eigenvalue weighted by atomic mass is 9.96. The van der Waals surface area contributed by atoms with Gasteiger partial charge in [0.05, 0.1) is 5.88 Å². The highest BCUT2D eigenvalue weighted by molar-refractivity contribution is 7.97. The molecular formula is C13H26N4O3S. The van der Waals surface area contributed by atoms with Crippen LogP contribution in [0.1, 0.15) is 33.6 Å². The molecule has 3 N–H and O–H groups in total. The van der Waals surface area contributed by atoms with Gasteiger partial charge in [-0.15, -0.1) is 0 Å². The zero-order valence-electron chi connectivity index (χ0n) is 13.2. The molecule has 7 nitrogen and oxygen atoms in total. The first-order chi connectivity index (χ1) is 9.83. The van der Waals surface area contributed by atoms with Crippen molar-refractivity contribution in [2.75, 3.05) is 26.0 Å². The summed E-state index contributed by atoms with van der Waals surface area (Å²) >= 11 is 1.38. The number of amides is 2. The van der Waals surface area contributed by atoms with E-state index in [1.807, 2.05) is 27.8 Å². The number of piperidine rings is 1. The molecule has 1 aliphatic heterocycles. The largest absolute Gasteiger partial charge is 0.444 e. The molecule has 0 radical (unpaired) electrons. The van der Waals surface area contributed by atoms with Crippen molar-refractivity contribution in [2.24, 2.45) is 5.92 Å². The molecular weight excluding hydrogens is 292 g/mol. The summed E-state index contributed by atoms with van der Waals surface area (Å²) < 4.78 is 5.33. The SMILES string of the molecule is CNCSNNC(=O)C1CCN(C(=O)OC(C)(C)C)CC1. The molecule has 1 saturated heterocycles. The predicted molar refractivity (Wildman–Crippen MR) is 83.3 cm³/mol. The van der Waals surface area contributed by atoms with Gasteiger partial charge in [0.25, 0.3) is 0 Å². The third-order valence-electron chi connectivity index (χ3n) is 2.98. The topological polar surface area (TPSA) is 82.7 Å². The van der Waals surface area contributed by atoms with E-state index in [4.69, 9.17) is 4.74 Å². The lowest BCUT2D eigenvalue weighted by molar-refractivity contribution is -0.126. The molecule has 0 atom stereocenters. The average Bonchev–Trinajstić information content (AvgIpc) is 2.41. The van der Waals surface area contributed by atoms with Crippen LogP contribution in [0.5, 0.6) is 0 Å². The summed E-state index contributed by atoms with van der Waals surface area (Å²) in [5.41, 5.74) is 2.18. The minimum Gasteiger partial charge on any atom is -0.444 e. The van der Waals surface area contributed by atoms with E-state index in [1.54, 1.807) is 4.90 Å². The normalized spacial score (nSPS) is 16.7. The zero-order valence-corrected chi connectivity index (χ0v) is 14.0. The monoisotopic (exact) mass is 318 g/mol. The van der Waals surface area contributed by atoms with Gasteiger partial charge in [0.2, 0.25) is 5.91 Å². The molecule has 21 heavy (non-hydrogen) atoms. The Morgan fingerprint density at radius 2 is 1.90 bits per heavy atom. The van der Waals surface area contributed by atoms with Crippen LogP contribution in [-0.4, -0.2) is 48.5 Å². The minimum absolute atomic E-state index is 0.0255. The molecule has 0 aromatic heterocycles. The Balaban J connectivity index is 2.28. The molecule has 2 amide bonds. The molecule has 1 rings (SSSR count). The van der Waals surface area contributed by atoms with Crippen molar-refractivity contribution in [2.45, 2.75) is 39.2 Å². The van der Waals surface area contributed by atoms with E-state index < -0.39 is 5.60 Å². The van der Waals surface area contributed by atoms with Crippen LogP contribution in [0.2, 0.25) is 0 Å². The first kappa shape index (κ1) is 18.1. The van der Waals surface area contributed by atoms with Gasteiger partial charge in [0, 0.05) is 19.0 Å². The third-order valence-corrected chi connectivity index (χ3v) is 3.66. The van der Waals surface area contributed by atoms with Gasteiger partial charge >= 0.3 is 6.09 Å². The van der Waals surface area contributed by atoms with E-state index in [9.17, 15) is 9.59 Å². The van der Waals surface area contributed by atoms with E-state index >= 15 is 0 Å². The average molecular weight is 318 g/mol. The maximum Gasteiger partial charge on any atom is 0.410 e. The number of nitrogens with one attached hydrogen (secondary N) is 3. The quantitative estimate of drug-likeness (QED) is 0.304. The van der Waals surface area contributed by atoms with Crippen molar-refractivity contribution in [3.8, 4) is 0 Å². The van der Waals surface area contributed by atoms with Crippen molar-refractivity contribution < 1.29 is 14.3 Å². The van der Waals surface area contributed by atoms with Crippen molar-refractivity contribution in [1.82, 2.24) is 20.5 Å². The molecule has 1 fully saturated rings. The molecule has 0 aromatic rings. The minimum atomic E-state index is -0.486. The fourth-order valence-electron chi connectivity index (χ4n) is 1.95. The van der Waals surface area contributed by atoms with Gasteiger partial charge in [0.15, 0.2) is 0 Å². The highest BCUT2D eigenvalue weighted by atomic mass is 32.2. The van der Waals surface area contributed by atoms with Gasteiger partial charge in [-0.25, -0.2) is 4.79 Å². The highest BCUT2D eigenvalue weighted by Crippen LogP contribution is 2.19. The molecule has 8 heteroatoms. The second-order valence-electron chi connectivity index (χ2n) is 5.98. The number of hydrogen-bond donors (Lipinski definition) is 3. The molecule has 1 heterocycles. The number of likely N-dealkylation sites (tertiary alicyclic amines) is 1. The van der Waals surface area contributed by atoms with E-state index in [1.165, 1.54) is 11.9 Å². The van der Waals surface area contributed by atoms with Crippen LogP contribution < -0.4 is 15.6 Å². The smallest absolute Gasteiger partial charge is 0.410 e. The Labute approximate surface area is 130 Å². The van der Waals surface area contributed by atoms with Crippen LogP contribution in [0, 0.1) is 5.92 Å². The molecule has 0 bridgehead atoms. The van der Waals surface area contributed by atoms with Crippen molar-refractivity contribution >= 4 is 23.9 Å². The maximum absolute atomic E-state index is 11.9. The van der Waals surface area contributed by atoms with Crippen LogP contribution in [0.25, 0.3) is 0 Å². The summed E-state index contributed by atoms with van der Waals surface area (Å²) in [6.07, 6.45) is 1.01. The molecule has 122 valence electrons. The molecule has 0 unspecified atom stereocenters. The summed E-state index contributed by atoms with van der Waals surface area (Å²) in [4.78, 5) is 28.3. The van der Waals surface area contributed by atoms with Crippen molar-refractivity contribution in [1.29, 1.82) is 0 Å². The number of nitrogens with zero attached hydrogens (tertiary/aromatic N) is 1. The van der Waals surface area contributed by atoms with Crippen LogP contribution in [-0.2, 0) is 9.53 Å². The van der Waals surface area contributed by atoms with Crippen molar-refractivity contribution in [3.63, 3.8) is 0 Å². The van der Waals surface area contributed by atoms with Crippen LogP contribution in [0.4, 0.5) is 4.79 Å². The van der Waals surface area contributed by atoms with E-state index in [2.05, 4.69) is 15.6 Å². The fourth-order valence-corrected chi connectivity index (χ4v) is 2.34. The summed E-state index contributed by atoms with van der Waals surface area (Å²) in [6, 6.07) is 0. The van der Waals surface area contributed by atoms with Gasteiger partial charge in [-0.05, 0) is 52.6 Å². The third kappa shape index (κ3) is 7.01. The summed E-state index contributed by atoms with van der Waals surface area (Å²) in [7, 11) is 1.84. The highest BCUT2D eigenvalue weighted by Gasteiger charge is 2.29. The maximum atomic E-state index is 11.9. The Kier molecular flexibility index (Phi) is 7.27. The molecule has 0 spiro atoms. The van der Waals surface area contributed by atoms with Crippen LogP contribution >= 0.6 is 11.9 Å². The van der Waals surface area contributed by atoms with E-state index in [0.29, 0.717) is 31.8 Å². The van der Waals surface area contributed by atoms with Crippen LogP contribution in [0.3, 0.4) is 0 Å². The second-order valence-corrected chi connectivity index (χ2v) is 6.76. The number of ether oxygens (including phenoxy) is 1. The number of carbonyl (C=O) groups is 2. The van der Waals surface area contributed by atoms with Gasteiger partial charge in [-0.2, -0.15) is 4.83 Å². The summed E-state index contributed by atoms with van der Waals surface area (Å²) in [6.45, 7) is 6.64. The Morgan fingerprint density at radius 1 is 1.29 bits per heavy atom. The first-order valence-corrected chi connectivity index (χ1v) is 8.11.